The Labute approximate surface area is 151 Å². The first kappa shape index (κ1) is 16.5. The largest absolute Gasteiger partial charge is 0.341 e. The summed E-state index contributed by atoms with van der Waals surface area (Å²) in [5.74, 6) is 0.741. The summed E-state index contributed by atoms with van der Waals surface area (Å²) in [6.07, 6.45) is 4.15. The molecule has 132 valence electrons. The molecule has 0 N–H and O–H groups in total. The van der Waals surface area contributed by atoms with Crippen molar-refractivity contribution in [2.75, 3.05) is 26.2 Å². The lowest BCUT2D eigenvalue weighted by Gasteiger charge is -2.22. The third-order valence-electron chi connectivity index (χ3n) is 4.98. The lowest BCUT2D eigenvalue weighted by molar-refractivity contribution is -0.134. The van der Waals surface area contributed by atoms with Gasteiger partial charge in [0.25, 0.3) is 0 Å². The Kier molecular flexibility index (Phi) is 4.70. The molecule has 1 aliphatic heterocycles. The molecule has 2 heterocycles. The molecule has 0 bridgehead atoms. The van der Waals surface area contributed by atoms with Crippen molar-refractivity contribution < 1.29 is 9.59 Å². The van der Waals surface area contributed by atoms with Crippen LogP contribution in [0.1, 0.15) is 30.7 Å². The van der Waals surface area contributed by atoms with Crippen molar-refractivity contribution in [1.29, 1.82) is 0 Å². The van der Waals surface area contributed by atoms with E-state index in [1.54, 1.807) is 11.3 Å². The zero-order valence-electron chi connectivity index (χ0n) is 14.3. The Morgan fingerprint density at radius 2 is 1.84 bits per heavy atom. The molecule has 2 amide bonds. The number of aromatic nitrogens is 1. The quantitative estimate of drug-likeness (QED) is 0.845. The van der Waals surface area contributed by atoms with E-state index < -0.39 is 0 Å². The van der Waals surface area contributed by atoms with Crippen LogP contribution in [0, 0.1) is 5.92 Å². The maximum absolute atomic E-state index is 12.6. The third-order valence-corrected chi connectivity index (χ3v) is 6.07. The van der Waals surface area contributed by atoms with E-state index in [4.69, 9.17) is 0 Å². The summed E-state index contributed by atoms with van der Waals surface area (Å²) in [5.41, 5.74) is 1.01. The van der Waals surface area contributed by atoms with E-state index in [1.807, 2.05) is 28.0 Å². The number of carbonyl (C=O) groups is 2. The summed E-state index contributed by atoms with van der Waals surface area (Å²) in [7, 11) is 0. The van der Waals surface area contributed by atoms with Crippen molar-refractivity contribution in [2.24, 2.45) is 5.92 Å². The smallest absolute Gasteiger partial charge is 0.225 e. The number of hydrogen-bond donors (Lipinski definition) is 0. The third kappa shape index (κ3) is 3.84. The molecule has 0 spiro atoms. The molecule has 1 aromatic carbocycles. The second-order valence-electron chi connectivity index (χ2n) is 6.91. The molecule has 1 saturated carbocycles. The molecule has 1 aromatic heterocycles. The SMILES string of the molecule is O=C(CCc1nc2ccccc2s1)N1CCCN(C(=O)C2CC2)CC1. The van der Waals surface area contributed by atoms with Gasteiger partial charge in [-0.3, -0.25) is 9.59 Å². The predicted octanol–water partition coefficient (Wildman–Crippen LogP) is 2.70. The van der Waals surface area contributed by atoms with Crippen LogP contribution in [0.2, 0.25) is 0 Å². The Morgan fingerprint density at radius 3 is 2.64 bits per heavy atom. The number of amides is 2. The minimum Gasteiger partial charge on any atom is -0.341 e. The molecule has 1 saturated heterocycles. The first-order valence-electron chi connectivity index (χ1n) is 9.12. The Hall–Kier alpha value is -1.95. The number of aryl methyl sites for hydroxylation is 1. The van der Waals surface area contributed by atoms with Crippen LogP contribution in [0.3, 0.4) is 0 Å². The van der Waals surface area contributed by atoms with E-state index in [-0.39, 0.29) is 11.8 Å². The topological polar surface area (TPSA) is 53.5 Å². The zero-order valence-corrected chi connectivity index (χ0v) is 15.1. The van der Waals surface area contributed by atoms with Crippen LogP contribution >= 0.6 is 11.3 Å². The maximum Gasteiger partial charge on any atom is 0.225 e. The van der Waals surface area contributed by atoms with E-state index >= 15 is 0 Å². The van der Waals surface area contributed by atoms with Gasteiger partial charge < -0.3 is 9.80 Å². The average Bonchev–Trinajstić information content (AvgIpc) is 3.42. The van der Waals surface area contributed by atoms with E-state index in [0.717, 1.165) is 42.9 Å². The highest BCUT2D eigenvalue weighted by molar-refractivity contribution is 7.18. The highest BCUT2D eigenvalue weighted by Gasteiger charge is 2.34. The molecule has 25 heavy (non-hydrogen) atoms. The standard InChI is InChI=1S/C19H23N3O2S/c23-18(9-8-17-20-15-4-1-2-5-16(15)25-17)21-10-3-11-22(13-12-21)19(24)14-6-7-14/h1-2,4-5,14H,3,6-13H2. The monoisotopic (exact) mass is 357 g/mol. The summed E-state index contributed by atoms with van der Waals surface area (Å²) >= 11 is 1.67. The van der Waals surface area contributed by atoms with Gasteiger partial charge in [0.1, 0.15) is 0 Å². The van der Waals surface area contributed by atoms with Crippen LogP contribution in [0.5, 0.6) is 0 Å². The number of thiazole rings is 1. The fourth-order valence-electron chi connectivity index (χ4n) is 3.37. The van der Waals surface area contributed by atoms with E-state index in [9.17, 15) is 9.59 Å². The van der Waals surface area contributed by atoms with Crippen LogP contribution in [0.25, 0.3) is 10.2 Å². The molecule has 1 aliphatic carbocycles. The lowest BCUT2D eigenvalue weighted by atomic mass is 10.2. The summed E-state index contributed by atoms with van der Waals surface area (Å²) in [6.45, 7) is 2.89. The minimum atomic E-state index is 0.181. The number of para-hydroxylation sites is 1. The summed E-state index contributed by atoms with van der Waals surface area (Å²) < 4.78 is 1.17. The minimum absolute atomic E-state index is 0.181. The molecule has 4 rings (SSSR count). The summed E-state index contributed by atoms with van der Waals surface area (Å²) in [6, 6.07) is 8.08. The van der Waals surface area contributed by atoms with Gasteiger partial charge in [-0.2, -0.15) is 0 Å². The van der Waals surface area contributed by atoms with E-state index in [0.29, 0.717) is 31.8 Å². The Bertz CT molecular complexity index is 751. The number of nitrogens with zero attached hydrogens (tertiary/aromatic N) is 3. The van der Waals surface area contributed by atoms with Crippen LogP contribution < -0.4 is 0 Å². The lowest BCUT2D eigenvalue weighted by Crippen LogP contribution is -2.38. The second-order valence-corrected chi connectivity index (χ2v) is 8.02. The number of benzene rings is 1. The highest BCUT2D eigenvalue weighted by atomic mass is 32.1. The number of hydrogen-bond acceptors (Lipinski definition) is 4. The summed E-state index contributed by atoms with van der Waals surface area (Å²) in [4.78, 5) is 33.2. The Balaban J connectivity index is 1.30. The van der Waals surface area contributed by atoms with Gasteiger partial charge in [-0.05, 0) is 31.4 Å². The van der Waals surface area contributed by atoms with Crippen molar-refractivity contribution in [2.45, 2.75) is 32.1 Å². The first-order valence-corrected chi connectivity index (χ1v) is 9.93. The van der Waals surface area contributed by atoms with Crippen molar-refractivity contribution in [3.8, 4) is 0 Å². The van der Waals surface area contributed by atoms with Gasteiger partial charge in [-0.1, -0.05) is 12.1 Å². The molecule has 2 aliphatic rings. The van der Waals surface area contributed by atoms with Crippen molar-refractivity contribution in [3.63, 3.8) is 0 Å². The molecular weight excluding hydrogens is 334 g/mol. The van der Waals surface area contributed by atoms with Gasteiger partial charge in [0.2, 0.25) is 11.8 Å². The van der Waals surface area contributed by atoms with Crippen molar-refractivity contribution >= 4 is 33.4 Å². The molecule has 0 radical (unpaired) electrons. The second kappa shape index (κ2) is 7.12. The van der Waals surface area contributed by atoms with Crippen LogP contribution in [0.4, 0.5) is 0 Å². The maximum atomic E-state index is 12.6. The number of fused-ring (bicyclic) bond motifs is 1. The van der Waals surface area contributed by atoms with Gasteiger partial charge in [-0.25, -0.2) is 4.98 Å². The fourth-order valence-corrected chi connectivity index (χ4v) is 4.34. The van der Waals surface area contributed by atoms with E-state index in [2.05, 4.69) is 11.1 Å². The molecule has 0 atom stereocenters. The van der Waals surface area contributed by atoms with Gasteiger partial charge in [0, 0.05) is 44.9 Å². The van der Waals surface area contributed by atoms with Crippen molar-refractivity contribution in [1.82, 2.24) is 14.8 Å². The van der Waals surface area contributed by atoms with Crippen LogP contribution in [-0.2, 0) is 16.0 Å². The van der Waals surface area contributed by atoms with Gasteiger partial charge in [0.05, 0.1) is 15.2 Å². The first-order chi connectivity index (χ1) is 12.2. The average molecular weight is 357 g/mol. The zero-order chi connectivity index (χ0) is 17.2. The normalized spacial score (nSPS) is 18.4. The summed E-state index contributed by atoms with van der Waals surface area (Å²) in [5, 5.41) is 1.02. The molecule has 0 unspecified atom stereocenters. The Morgan fingerprint density at radius 1 is 1.08 bits per heavy atom. The van der Waals surface area contributed by atoms with Gasteiger partial charge in [-0.15, -0.1) is 11.3 Å². The van der Waals surface area contributed by atoms with Crippen molar-refractivity contribution in [3.05, 3.63) is 29.3 Å². The van der Waals surface area contributed by atoms with Crippen LogP contribution in [0.15, 0.2) is 24.3 Å². The number of carbonyl (C=O) groups excluding carboxylic acids is 2. The van der Waals surface area contributed by atoms with E-state index in [1.165, 1.54) is 4.70 Å². The van der Waals surface area contributed by atoms with Crippen LogP contribution in [-0.4, -0.2) is 52.8 Å². The molecule has 2 aromatic rings. The predicted molar refractivity (Wildman–Crippen MR) is 98.4 cm³/mol. The molecule has 6 heteroatoms. The number of rotatable bonds is 4. The fraction of sp³-hybridized carbons (Fsp3) is 0.526. The van der Waals surface area contributed by atoms with Gasteiger partial charge in [0.15, 0.2) is 0 Å². The molecular formula is C19H23N3O2S. The van der Waals surface area contributed by atoms with Gasteiger partial charge >= 0.3 is 0 Å². The molecule has 5 nitrogen and oxygen atoms in total. The highest BCUT2D eigenvalue weighted by Crippen LogP contribution is 2.31. The molecule has 2 fully saturated rings.